The number of hydrogen-bond acceptors (Lipinski definition) is 6. The lowest BCUT2D eigenvalue weighted by Crippen LogP contribution is -2.13. The molecule has 2 aromatic heterocycles. The van der Waals surface area contributed by atoms with Crippen molar-refractivity contribution in [1.29, 1.82) is 0 Å². The number of ether oxygens (including phenoxy) is 1. The fraction of sp³-hybridized carbons (Fsp3) is 0.333. The number of carboxylic acid groups (broad SMARTS) is 1. The Hall–Kier alpha value is -2.93. The first-order valence-corrected chi connectivity index (χ1v) is 9.72. The molecule has 1 atom stereocenters. The van der Waals surface area contributed by atoms with Gasteiger partial charge in [-0.1, -0.05) is 28.9 Å². The van der Waals surface area contributed by atoms with Gasteiger partial charge in [0.25, 0.3) is 5.89 Å². The summed E-state index contributed by atoms with van der Waals surface area (Å²) in [6.45, 7) is 5.76. The summed E-state index contributed by atoms with van der Waals surface area (Å²) >= 11 is 6.25. The van der Waals surface area contributed by atoms with Crippen LogP contribution in [0.25, 0.3) is 22.8 Å². The van der Waals surface area contributed by atoms with Gasteiger partial charge in [0.2, 0.25) is 11.7 Å². The zero-order chi connectivity index (χ0) is 20.7. The third-order valence-electron chi connectivity index (χ3n) is 5.03. The topological polar surface area (TPSA) is 98.3 Å². The van der Waals surface area contributed by atoms with Crippen molar-refractivity contribution in [2.24, 2.45) is 5.92 Å². The second kappa shape index (κ2) is 7.48. The van der Waals surface area contributed by atoms with Gasteiger partial charge in [0, 0.05) is 11.8 Å². The van der Waals surface area contributed by atoms with E-state index in [1.165, 1.54) is 0 Å². The summed E-state index contributed by atoms with van der Waals surface area (Å²) in [4.78, 5) is 20.1. The van der Waals surface area contributed by atoms with Crippen LogP contribution in [0.3, 0.4) is 0 Å². The van der Waals surface area contributed by atoms with Crippen LogP contribution in [0.4, 0.5) is 0 Å². The maximum Gasteiger partial charge on any atom is 0.307 e. The Morgan fingerprint density at radius 2 is 2.14 bits per heavy atom. The molecule has 0 fully saturated rings. The zero-order valence-electron chi connectivity index (χ0n) is 16.3. The molecule has 1 aliphatic carbocycles. The number of rotatable bonds is 5. The molecule has 0 aliphatic heterocycles. The summed E-state index contributed by atoms with van der Waals surface area (Å²) in [5.74, 6) is -0.0445. The minimum absolute atomic E-state index is 0.0376. The minimum Gasteiger partial charge on any atom is -0.481 e. The third kappa shape index (κ3) is 3.70. The number of aliphatic carboxylic acids is 1. The highest BCUT2D eigenvalue weighted by Crippen LogP contribution is 2.35. The Balaban J connectivity index is 1.63. The smallest absolute Gasteiger partial charge is 0.307 e. The van der Waals surface area contributed by atoms with Gasteiger partial charge in [0.05, 0.1) is 17.6 Å². The summed E-state index contributed by atoms with van der Waals surface area (Å²) < 4.78 is 11.0. The fourth-order valence-electron chi connectivity index (χ4n) is 3.59. The van der Waals surface area contributed by atoms with Gasteiger partial charge < -0.3 is 14.4 Å². The maximum absolute atomic E-state index is 11.3. The Kier molecular flexibility index (Phi) is 5.00. The van der Waals surface area contributed by atoms with E-state index in [0.717, 1.165) is 22.3 Å². The van der Waals surface area contributed by atoms with E-state index < -0.39 is 5.97 Å². The molecule has 0 saturated heterocycles. The summed E-state index contributed by atoms with van der Waals surface area (Å²) in [7, 11) is 0. The fourth-order valence-corrected chi connectivity index (χ4v) is 3.80. The van der Waals surface area contributed by atoms with E-state index in [9.17, 15) is 9.90 Å². The SMILES string of the molecule is Cc1c(-c2noc(-c3cnc(OC(C)C)c(Cl)c3)n2)ccc2c1C[C@H](C(=O)O)C2. The van der Waals surface area contributed by atoms with Crippen LogP contribution in [-0.2, 0) is 17.6 Å². The van der Waals surface area contributed by atoms with Crippen LogP contribution in [0.2, 0.25) is 5.02 Å². The van der Waals surface area contributed by atoms with Crippen molar-refractivity contribution < 1.29 is 19.2 Å². The van der Waals surface area contributed by atoms with Gasteiger partial charge in [-0.25, -0.2) is 4.98 Å². The van der Waals surface area contributed by atoms with E-state index in [2.05, 4.69) is 15.1 Å². The van der Waals surface area contributed by atoms with E-state index >= 15 is 0 Å². The van der Waals surface area contributed by atoms with E-state index in [0.29, 0.717) is 41.0 Å². The van der Waals surface area contributed by atoms with Gasteiger partial charge in [-0.15, -0.1) is 0 Å². The van der Waals surface area contributed by atoms with E-state index in [1.807, 2.05) is 32.9 Å². The molecule has 4 rings (SSSR count). The number of halogens is 1. The molecule has 8 heteroatoms. The predicted octanol–water partition coefficient (Wildman–Crippen LogP) is 4.35. The molecular weight excluding hydrogens is 394 g/mol. The molecule has 150 valence electrons. The molecule has 29 heavy (non-hydrogen) atoms. The molecule has 1 aromatic carbocycles. The number of hydrogen-bond donors (Lipinski definition) is 1. The molecule has 1 N–H and O–H groups in total. The molecule has 0 spiro atoms. The molecule has 0 bridgehead atoms. The highest BCUT2D eigenvalue weighted by molar-refractivity contribution is 6.32. The van der Waals surface area contributed by atoms with Crippen LogP contribution in [0.5, 0.6) is 5.88 Å². The first-order valence-electron chi connectivity index (χ1n) is 9.34. The predicted molar refractivity (Wildman–Crippen MR) is 107 cm³/mol. The molecule has 0 saturated carbocycles. The Morgan fingerprint density at radius 3 is 2.83 bits per heavy atom. The second-order valence-corrected chi connectivity index (χ2v) is 7.83. The number of carbonyl (C=O) groups is 1. The zero-order valence-corrected chi connectivity index (χ0v) is 17.0. The van der Waals surface area contributed by atoms with Crippen molar-refractivity contribution in [2.45, 2.75) is 39.7 Å². The van der Waals surface area contributed by atoms with Crippen LogP contribution in [0.1, 0.15) is 30.5 Å². The average molecular weight is 414 g/mol. The summed E-state index contributed by atoms with van der Waals surface area (Å²) in [5.41, 5.74) is 4.52. The maximum atomic E-state index is 11.3. The van der Waals surface area contributed by atoms with Crippen molar-refractivity contribution in [3.63, 3.8) is 0 Å². The molecule has 0 amide bonds. The molecule has 2 heterocycles. The highest BCUT2D eigenvalue weighted by Gasteiger charge is 2.29. The molecule has 0 radical (unpaired) electrons. The minimum atomic E-state index is -0.765. The van der Waals surface area contributed by atoms with E-state index in [-0.39, 0.29) is 12.0 Å². The van der Waals surface area contributed by atoms with Crippen molar-refractivity contribution in [2.75, 3.05) is 0 Å². The number of aromatic nitrogens is 3. The Bertz CT molecular complexity index is 1090. The number of benzene rings is 1. The lowest BCUT2D eigenvalue weighted by molar-refractivity contribution is -0.141. The Morgan fingerprint density at radius 1 is 1.34 bits per heavy atom. The first kappa shape index (κ1) is 19.4. The van der Waals surface area contributed by atoms with Gasteiger partial charge in [0.1, 0.15) is 5.02 Å². The third-order valence-corrected chi connectivity index (χ3v) is 5.30. The van der Waals surface area contributed by atoms with Crippen molar-refractivity contribution in [3.05, 3.63) is 46.1 Å². The largest absolute Gasteiger partial charge is 0.481 e. The van der Waals surface area contributed by atoms with Crippen molar-refractivity contribution in [1.82, 2.24) is 15.1 Å². The number of nitrogens with zero attached hydrogens (tertiary/aromatic N) is 3. The number of fused-ring (bicyclic) bond motifs is 1. The van der Waals surface area contributed by atoms with Crippen LogP contribution >= 0.6 is 11.6 Å². The molecule has 1 aliphatic rings. The average Bonchev–Trinajstić information content (AvgIpc) is 3.31. The van der Waals surface area contributed by atoms with Gasteiger partial charge in [0.15, 0.2) is 0 Å². The van der Waals surface area contributed by atoms with Crippen LogP contribution < -0.4 is 4.74 Å². The summed E-state index contributed by atoms with van der Waals surface area (Å²) in [6.07, 6.45) is 2.61. The van der Waals surface area contributed by atoms with Crippen molar-refractivity contribution >= 4 is 17.6 Å². The Labute approximate surface area is 172 Å². The van der Waals surface area contributed by atoms with E-state index in [4.69, 9.17) is 20.9 Å². The van der Waals surface area contributed by atoms with E-state index in [1.54, 1.807) is 12.3 Å². The molecular formula is C21H20ClN3O4. The normalized spacial score (nSPS) is 15.6. The van der Waals surface area contributed by atoms with Crippen LogP contribution in [-0.4, -0.2) is 32.3 Å². The quantitative estimate of drug-likeness (QED) is 0.663. The van der Waals surface area contributed by atoms with Gasteiger partial charge in [-0.3, -0.25) is 4.79 Å². The second-order valence-electron chi connectivity index (χ2n) is 7.42. The number of pyridine rings is 1. The lowest BCUT2D eigenvalue weighted by Gasteiger charge is -2.09. The lowest BCUT2D eigenvalue weighted by atomic mass is 9.98. The monoisotopic (exact) mass is 413 g/mol. The summed E-state index contributed by atoms with van der Waals surface area (Å²) in [5, 5.41) is 13.8. The van der Waals surface area contributed by atoms with Gasteiger partial charge in [-0.2, -0.15) is 4.98 Å². The van der Waals surface area contributed by atoms with Crippen molar-refractivity contribution in [3.8, 4) is 28.7 Å². The van der Waals surface area contributed by atoms with Gasteiger partial charge >= 0.3 is 5.97 Å². The summed E-state index contributed by atoms with van der Waals surface area (Å²) in [6, 6.07) is 5.54. The van der Waals surface area contributed by atoms with Crippen LogP contribution in [0.15, 0.2) is 28.9 Å². The highest BCUT2D eigenvalue weighted by atomic mass is 35.5. The molecule has 0 unspecified atom stereocenters. The van der Waals surface area contributed by atoms with Crippen LogP contribution in [0, 0.1) is 12.8 Å². The standard InChI is InChI=1S/C21H20ClN3O4/c1-10(2)28-20-17(22)8-14(9-23-20)19-24-18(25-29-19)15-5-4-12-6-13(21(26)27)7-16(12)11(15)3/h4-5,8-10,13H,6-7H2,1-3H3,(H,26,27)/t13-/m1/s1. The molecule has 3 aromatic rings. The molecule has 7 nitrogen and oxygen atoms in total. The van der Waals surface area contributed by atoms with Gasteiger partial charge in [-0.05, 0) is 56.4 Å². The number of carboxylic acids is 1. The first-order chi connectivity index (χ1) is 13.8.